The number of hydrogen-bond acceptors (Lipinski definition) is 3. The van der Waals surface area contributed by atoms with Crippen molar-refractivity contribution in [2.75, 3.05) is 0 Å². The molecule has 0 spiro atoms. The first-order valence-corrected chi connectivity index (χ1v) is 7.68. The summed E-state index contributed by atoms with van der Waals surface area (Å²) in [4.78, 5) is 12.8. The maximum absolute atomic E-state index is 11.9. The molecule has 2 heterocycles. The van der Waals surface area contributed by atoms with Crippen LogP contribution in [0.3, 0.4) is 0 Å². The van der Waals surface area contributed by atoms with Gasteiger partial charge in [-0.1, -0.05) is 6.07 Å². The highest BCUT2D eigenvalue weighted by Crippen LogP contribution is 2.32. The van der Waals surface area contributed by atoms with Crippen molar-refractivity contribution in [2.24, 2.45) is 14.1 Å². The van der Waals surface area contributed by atoms with Crippen LogP contribution in [0.25, 0.3) is 11.0 Å². The molecule has 0 amide bonds. The summed E-state index contributed by atoms with van der Waals surface area (Å²) in [5.74, 6) is 0. The summed E-state index contributed by atoms with van der Waals surface area (Å²) in [5.41, 5.74) is 2.41. The maximum Gasteiger partial charge on any atom is 0.328 e. The van der Waals surface area contributed by atoms with Gasteiger partial charge in [-0.3, -0.25) is 9.13 Å². The van der Waals surface area contributed by atoms with Crippen LogP contribution in [0, 0.1) is 0 Å². The van der Waals surface area contributed by atoms with Crippen LogP contribution in [-0.2, 0) is 14.1 Å². The van der Waals surface area contributed by atoms with Crippen molar-refractivity contribution in [3.8, 4) is 0 Å². The summed E-state index contributed by atoms with van der Waals surface area (Å²) in [7, 11) is 3.49. The van der Waals surface area contributed by atoms with Crippen molar-refractivity contribution in [1.29, 1.82) is 0 Å². The summed E-state index contributed by atoms with van der Waals surface area (Å²) in [6.07, 6.45) is -0.675. The Morgan fingerprint density at radius 2 is 1.85 bits per heavy atom. The number of fused-ring (bicyclic) bond motifs is 1. The Bertz CT molecular complexity index is 847. The average Bonchev–Trinajstić information content (AvgIpc) is 2.97. The highest BCUT2D eigenvalue weighted by molar-refractivity contribution is 9.11. The van der Waals surface area contributed by atoms with Crippen LogP contribution in [0.15, 0.2) is 38.9 Å². The fraction of sp³-hybridized carbons (Fsp3) is 0.214. The fourth-order valence-electron chi connectivity index (χ4n) is 2.33. The molecule has 0 aliphatic carbocycles. The maximum atomic E-state index is 11.9. The molecule has 0 radical (unpaired) electrons. The zero-order valence-electron chi connectivity index (χ0n) is 11.0. The van der Waals surface area contributed by atoms with Crippen LogP contribution in [0.5, 0.6) is 0 Å². The summed E-state index contributed by atoms with van der Waals surface area (Å²) in [6, 6.07) is 9.42. The predicted molar refractivity (Wildman–Crippen MR) is 84.2 cm³/mol. The third kappa shape index (κ3) is 2.04. The molecule has 0 saturated carbocycles. The Labute approximate surface area is 128 Å². The molecule has 4 nitrogen and oxygen atoms in total. The second-order valence-electron chi connectivity index (χ2n) is 4.69. The van der Waals surface area contributed by atoms with Gasteiger partial charge < -0.3 is 5.11 Å². The third-order valence-electron chi connectivity index (χ3n) is 3.48. The molecule has 20 heavy (non-hydrogen) atoms. The smallest absolute Gasteiger partial charge is 0.328 e. The summed E-state index contributed by atoms with van der Waals surface area (Å²) < 4.78 is 4.18. The fourth-order valence-corrected chi connectivity index (χ4v) is 3.77. The lowest BCUT2D eigenvalue weighted by molar-refractivity contribution is 0.224. The first kappa shape index (κ1) is 13.6. The Hall–Kier alpha value is -1.37. The minimum absolute atomic E-state index is 0.0643. The minimum Gasteiger partial charge on any atom is -0.383 e. The normalized spacial score (nSPS) is 13.0. The van der Waals surface area contributed by atoms with E-state index in [1.165, 1.54) is 11.3 Å². The monoisotopic (exact) mass is 352 g/mol. The zero-order valence-corrected chi connectivity index (χ0v) is 13.4. The number of aromatic nitrogens is 2. The van der Waals surface area contributed by atoms with Crippen molar-refractivity contribution in [1.82, 2.24) is 9.13 Å². The minimum atomic E-state index is -0.675. The lowest BCUT2D eigenvalue weighted by Gasteiger charge is -2.09. The van der Waals surface area contributed by atoms with Crippen LogP contribution < -0.4 is 5.69 Å². The lowest BCUT2D eigenvalue weighted by atomic mass is 10.1. The molecule has 104 valence electrons. The Balaban J connectivity index is 2.14. The van der Waals surface area contributed by atoms with E-state index < -0.39 is 6.10 Å². The number of halogens is 1. The molecule has 0 aliphatic heterocycles. The van der Waals surface area contributed by atoms with Gasteiger partial charge in [-0.15, -0.1) is 11.3 Å². The van der Waals surface area contributed by atoms with Crippen molar-refractivity contribution < 1.29 is 5.11 Å². The van der Waals surface area contributed by atoms with Gasteiger partial charge in [0.05, 0.1) is 14.8 Å². The number of hydrogen-bond donors (Lipinski definition) is 1. The van der Waals surface area contributed by atoms with Gasteiger partial charge >= 0.3 is 5.69 Å². The molecule has 2 aromatic heterocycles. The van der Waals surface area contributed by atoms with Crippen LogP contribution >= 0.6 is 27.3 Å². The molecule has 6 heteroatoms. The van der Waals surface area contributed by atoms with Gasteiger partial charge in [-0.2, -0.15) is 0 Å². The lowest BCUT2D eigenvalue weighted by Crippen LogP contribution is -2.19. The molecule has 3 rings (SSSR count). The van der Waals surface area contributed by atoms with Crippen molar-refractivity contribution >= 4 is 38.3 Å². The van der Waals surface area contributed by atoms with E-state index in [2.05, 4.69) is 15.9 Å². The molecule has 0 saturated heterocycles. The number of rotatable bonds is 2. The number of aliphatic hydroxyl groups is 1. The van der Waals surface area contributed by atoms with Crippen molar-refractivity contribution in [3.05, 3.63) is 55.0 Å². The van der Waals surface area contributed by atoms with Crippen molar-refractivity contribution in [3.63, 3.8) is 0 Å². The Kier molecular flexibility index (Phi) is 3.32. The Morgan fingerprint density at radius 1 is 1.15 bits per heavy atom. The van der Waals surface area contributed by atoms with E-state index in [1.54, 1.807) is 23.2 Å². The standard InChI is InChI=1S/C14H13BrN2O2S/c1-16-9-4-3-8(7-10(9)17(2)14(16)19)13(18)11-5-6-12(15)20-11/h3-7,13,18H,1-2H3. The predicted octanol–water partition coefficient (Wildman–Crippen LogP) is 2.78. The van der Waals surface area contributed by atoms with Crippen molar-refractivity contribution in [2.45, 2.75) is 6.10 Å². The molecule has 0 fully saturated rings. The number of nitrogens with zero attached hydrogens (tertiary/aromatic N) is 2. The van der Waals surface area contributed by atoms with E-state index in [0.29, 0.717) is 0 Å². The van der Waals surface area contributed by atoms with Gasteiger partial charge in [-0.05, 0) is 45.8 Å². The molecule has 1 unspecified atom stereocenters. The molecule has 1 atom stereocenters. The van der Waals surface area contributed by atoms with Gasteiger partial charge in [0.2, 0.25) is 0 Å². The zero-order chi connectivity index (χ0) is 14.4. The molecular weight excluding hydrogens is 340 g/mol. The van der Waals surface area contributed by atoms with E-state index in [1.807, 2.05) is 30.3 Å². The molecule has 0 bridgehead atoms. The van der Waals surface area contributed by atoms with E-state index >= 15 is 0 Å². The number of aliphatic hydroxyl groups excluding tert-OH is 1. The topological polar surface area (TPSA) is 47.2 Å². The number of imidazole rings is 1. The Morgan fingerprint density at radius 3 is 2.50 bits per heavy atom. The second-order valence-corrected chi connectivity index (χ2v) is 7.19. The highest BCUT2D eigenvalue weighted by atomic mass is 79.9. The van der Waals surface area contributed by atoms with Crippen LogP contribution in [-0.4, -0.2) is 14.2 Å². The summed E-state index contributed by atoms with van der Waals surface area (Å²) in [6.45, 7) is 0. The van der Waals surface area contributed by atoms with E-state index in [4.69, 9.17) is 0 Å². The second kappa shape index (κ2) is 4.87. The number of aryl methyl sites for hydroxylation is 2. The highest BCUT2D eigenvalue weighted by Gasteiger charge is 2.15. The molecule has 0 aliphatic rings. The largest absolute Gasteiger partial charge is 0.383 e. The van der Waals surface area contributed by atoms with E-state index in [0.717, 1.165) is 25.3 Å². The molecule has 1 aromatic carbocycles. The third-order valence-corrected chi connectivity index (χ3v) is 5.15. The number of thiophene rings is 1. The molecule has 3 aromatic rings. The van der Waals surface area contributed by atoms with Gasteiger partial charge in [0.1, 0.15) is 6.10 Å². The van der Waals surface area contributed by atoms with Gasteiger partial charge in [0.15, 0.2) is 0 Å². The molecular formula is C14H13BrN2O2S. The van der Waals surface area contributed by atoms with Crippen LogP contribution in [0.2, 0.25) is 0 Å². The van der Waals surface area contributed by atoms with Gasteiger partial charge in [-0.25, -0.2) is 4.79 Å². The van der Waals surface area contributed by atoms with Gasteiger partial charge in [0, 0.05) is 19.0 Å². The van der Waals surface area contributed by atoms with E-state index in [-0.39, 0.29) is 5.69 Å². The van der Waals surface area contributed by atoms with E-state index in [9.17, 15) is 9.90 Å². The summed E-state index contributed by atoms with van der Waals surface area (Å²) >= 11 is 4.90. The molecule has 1 N–H and O–H groups in total. The van der Waals surface area contributed by atoms with Gasteiger partial charge in [0.25, 0.3) is 0 Å². The van der Waals surface area contributed by atoms with Crippen LogP contribution in [0.1, 0.15) is 16.5 Å². The first-order valence-electron chi connectivity index (χ1n) is 6.07. The van der Waals surface area contributed by atoms with Crippen LogP contribution in [0.4, 0.5) is 0 Å². The summed E-state index contributed by atoms with van der Waals surface area (Å²) in [5, 5.41) is 10.4. The first-order chi connectivity index (χ1) is 9.49. The number of benzene rings is 1. The average molecular weight is 353 g/mol. The SMILES string of the molecule is Cn1c(=O)n(C)c2cc(C(O)c3ccc(Br)s3)ccc21. The quantitative estimate of drug-likeness (QED) is 0.770.